The van der Waals surface area contributed by atoms with E-state index in [-0.39, 0.29) is 5.75 Å². The van der Waals surface area contributed by atoms with Gasteiger partial charge in [-0.1, -0.05) is 48.5 Å². The molecule has 1 aliphatic rings. The van der Waals surface area contributed by atoms with Crippen molar-refractivity contribution in [1.29, 1.82) is 0 Å². The molecule has 0 spiro atoms. The molecule has 4 rings (SSSR count). The molecule has 0 heterocycles. The summed E-state index contributed by atoms with van der Waals surface area (Å²) in [5.74, 6) is 0.116. The third kappa shape index (κ3) is 3.89. The van der Waals surface area contributed by atoms with Crippen LogP contribution in [0.4, 0.5) is 11.4 Å². The quantitative estimate of drug-likeness (QED) is 0.462. The number of rotatable bonds is 3. The summed E-state index contributed by atoms with van der Waals surface area (Å²) in [7, 11) is 0. The summed E-state index contributed by atoms with van der Waals surface area (Å²) < 4.78 is 0. The second kappa shape index (κ2) is 7.60. The summed E-state index contributed by atoms with van der Waals surface area (Å²) in [5, 5.41) is 24.7. The van der Waals surface area contributed by atoms with Crippen LogP contribution in [0.25, 0.3) is 10.8 Å². The Bertz CT molecular complexity index is 1140. The summed E-state index contributed by atoms with van der Waals surface area (Å²) in [6.07, 6.45) is 6.27. The van der Waals surface area contributed by atoms with Gasteiger partial charge < -0.3 is 5.11 Å². The smallest absolute Gasteiger partial charge is 0.346 e. The molecule has 0 saturated heterocycles. The van der Waals surface area contributed by atoms with Gasteiger partial charge in [0.1, 0.15) is 10.9 Å². The molecule has 5 heteroatoms. The predicted octanol–water partition coefficient (Wildman–Crippen LogP) is 5.91. The van der Waals surface area contributed by atoms with Gasteiger partial charge in [0.15, 0.2) is 5.69 Å². The summed E-state index contributed by atoms with van der Waals surface area (Å²) in [6.45, 7) is 0. The molecular weight excluding hydrogens is 336 g/mol. The van der Waals surface area contributed by atoms with Gasteiger partial charge in [0, 0.05) is 11.5 Å². The van der Waals surface area contributed by atoms with Gasteiger partial charge in [-0.25, -0.2) is 0 Å². The number of phenolic OH excluding ortho intramolecular Hbond substituents is 1. The van der Waals surface area contributed by atoms with Crippen LogP contribution in [0.1, 0.15) is 6.42 Å². The molecule has 3 aromatic rings. The van der Waals surface area contributed by atoms with E-state index >= 15 is 0 Å². The van der Waals surface area contributed by atoms with E-state index in [2.05, 4.69) is 20.1 Å². The maximum atomic E-state index is 10.1. The van der Waals surface area contributed by atoms with Crippen molar-refractivity contribution < 1.29 is 9.90 Å². The van der Waals surface area contributed by atoms with Crippen LogP contribution in [-0.4, -0.2) is 15.6 Å². The largest absolute Gasteiger partial charge is 0.505 e. The van der Waals surface area contributed by atoms with Crippen LogP contribution in [0.5, 0.6) is 5.75 Å². The third-order valence-corrected chi connectivity index (χ3v) is 4.16. The molecule has 1 N–H and O–H groups in total. The number of phenols is 1. The Morgan fingerprint density at radius 3 is 2.44 bits per heavy atom. The minimum Gasteiger partial charge on any atom is -0.505 e. The van der Waals surface area contributed by atoms with E-state index in [1.54, 1.807) is 6.07 Å². The van der Waals surface area contributed by atoms with Gasteiger partial charge in [-0.05, 0) is 35.7 Å². The Morgan fingerprint density at radius 1 is 0.815 bits per heavy atom. The molecule has 0 aliphatic heterocycles. The first-order chi connectivity index (χ1) is 13.3. The molecule has 130 valence electrons. The zero-order valence-electron chi connectivity index (χ0n) is 14.5. The van der Waals surface area contributed by atoms with Gasteiger partial charge in [-0.15, -0.1) is 0 Å². The molecule has 27 heavy (non-hydrogen) atoms. The molecule has 5 nitrogen and oxygen atoms in total. The van der Waals surface area contributed by atoms with Crippen molar-refractivity contribution in [1.82, 2.24) is 0 Å². The number of allylic oxidation sites excluding steroid dienone is 3. The zero-order valence-corrected chi connectivity index (χ0v) is 14.5. The topological polar surface area (TPSA) is 71.4 Å². The van der Waals surface area contributed by atoms with Crippen LogP contribution in [0.3, 0.4) is 0 Å². The SMILES string of the molecule is Oc1ccc2ccccc2c1N=[N+]=C1C=CC(N=Nc2ccccc2)=CC1. The highest BCUT2D eigenvalue weighted by Crippen LogP contribution is 2.34. The van der Waals surface area contributed by atoms with Gasteiger partial charge in [0.25, 0.3) is 0 Å². The first-order valence-electron chi connectivity index (χ1n) is 8.63. The van der Waals surface area contributed by atoms with Crippen molar-refractivity contribution in [2.75, 3.05) is 0 Å². The highest BCUT2D eigenvalue weighted by atomic mass is 16.3. The van der Waals surface area contributed by atoms with Crippen molar-refractivity contribution in [2.45, 2.75) is 6.42 Å². The maximum Gasteiger partial charge on any atom is 0.346 e. The lowest BCUT2D eigenvalue weighted by atomic mass is 10.1. The molecule has 0 saturated carbocycles. The predicted molar refractivity (Wildman–Crippen MR) is 106 cm³/mol. The fourth-order valence-corrected chi connectivity index (χ4v) is 2.75. The zero-order chi connectivity index (χ0) is 18.5. The summed E-state index contributed by atoms with van der Waals surface area (Å²) >= 11 is 0. The fraction of sp³-hybridized carbons (Fsp3) is 0.0455. The lowest BCUT2D eigenvalue weighted by Gasteiger charge is -1.99. The van der Waals surface area contributed by atoms with Crippen molar-refractivity contribution in [2.24, 2.45) is 15.3 Å². The molecule has 0 bridgehead atoms. The standard InChI is InChI=1S/C22H16N4O/c27-21-15-10-16-6-4-5-9-20(16)22(21)26-25-19-13-11-18(12-14-19)24-23-17-7-2-1-3-8-17/h1-13,15H,14H2/p+1. The van der Waals surface area contributed by atoms with Crippen LogP contribution in [0.2, 0.25) is 0 Å². The minimum atomic E-state index is 0.116. The van der Waals surface area contributed by atoms with Gasteiger partial charge in [-0.3, -0.25) is 0 Å². The van der Waals surface area contributed by atoms with Crippen molar-refractivity contribution in [3.05, 3.63) is 90.7 Å². The molecule has 1 aliphatic carbocycles. The van der Waals surface area contributed by atoms with Crippen LogP contribution in [0, 0.1) is 0 Å². The monoisotopic (exact) mass is 353 g/mol. The highest BCUT2D eigenvalue weighted by Gasteiger charge is 2.13. The number of hydrogen-bond donors (Lipinski definition) is 1. The molecule has 0 fully saturated rings. The summed E-state index contributed by atoms with van der Waals surface area (Å²) in [5.41, 5.74) is 2.87. The van der Waals surface area contributed by atoms with Crippen molar-refractivity contribution in [3.63, 3.8) is 0 Å². The van der Waals surface area contributed by atoms with Gasteiger partial charge in [0.2, 0.25) is 0 Å². The van der Waals surface area contributed by atoms with Crippen LogP contribution >= 0.6 is 0 Å². The van der Waals surface area contributed by atoms with E-state index < -0.39 is 0 Å². The summed E-state index contributed by atoms with van der Waals surface area (Å²) in [4.78, 5) is 4.30. The van der Waals surface area contributed by atoms with E-state index in [0.717, 1.165) is 27.9 Å². The number of fused-ring (bicyclic) bond motifs is 1. The van der Waals surface area contributed by atoms with E-state index in [1.807, 2.05) is 78.9 Å². The highest BCUT2D eigenvalue weighted by molar-refractivity contribution is 5.95. The van der Waals surface area contributed by atoms with Crippen LogP contribution in [-0.2, 0) is 0 Å². The Kier molecular flexibility index (Phi) is 4.68. The molecule has 0 atom stereocenters. The Balaban J connectivity index is 1.56. The van der Waals surface area contributed by atoms with Crippen molar-refractivity contribution >= 4 is 27.9 Å². The second-order valence-corrected chi connectivity index (χ2v) is 6.05. The van der Waals surface area contributed by atoms with Gasteiger partial charge in [-0.2, -0.15) is 10.2 Å². The molecule has 0 unspecified atom stereocenters. The maximum absolute atomic E-state index is 10.1. The first-order valence-corrected chi connectivity index (χ1v) is 8.63. The minimum absolute atomic E-state index is 0.116. The Labute approximate surface area is 156 Å². The van der Waals surface area contributed by atoms with E-state index in [9.17, 15) is 5.11 Å². The molecule has 0 amide bonds. The fourth-order valence-electron chi connectivity index (χ4n) is 2.75. The normalized spacial score (nSPS) is 13.6. The first kappa shape index (κ1) is 16.6. The number of benzene rings is 3. The molecular formula is C22H17N4O+. The van der Waals surface area contributed by atoms with E-state index in [0.29, 0.717) is 12.1 Å². The van der Waals surface area contributed by atoms with Crippen molar-refractivity contribution in [3.8, 4) is 5.75 Å². The molecule has 0 radical (unpaired) electrons. The average Bonchev–Trinajstić information content (AvgIpc) is 2.73. The van der Waals surface area contributed by atoms with Crippen LogP contribution in [0.15, 0.2) is 106 Å². The average molecular weight is 353 g/mol. The number of hydrogen-bond acceptors (Lipinski definition) is 4. The van der Waals surface area contributed by atoms with Gasteiger partial charge >= 0.3 is 5.71 Å². The Hall–Kier alpha value is -3.82. The molecule has 3 aromatic carbocycles. The lowest BCUT2D eigenvalue weighted by Crippen LogP contribution is -1.98. The van der Waals surface area contributed by atoms with Gasteiger partial charge in [0.05, 0.1) is 22.6 Å². The van der Waals surface area contributed by atoms with E-state index in [4.69, 9.17) is 0 Å². The lowest BCUT2D eigenvalue weighted by molar-refractivity contribution is -0.0776. The number of nitrogens with zero attached hydrogens (tertiary/aromatic N) is 4. The third-order valence-electron chi connectivity index (χ3n) is 4.16. The second-order valence-electron chi connectivity index (χ2n) is 6.05. The number of aromatic hydroxyl groups is 1. The van der Waals surface area contributed by atoms with E-state index in [1.165, 1.54) is 0 Å². The number of azo groups is 1. The Morgan fingerprint density at radius 2 is 1.63 bits per heavy atom. The van der Waals surface area contributed by atoms with Crippen LogP contribution < -0.4 is 0 Å². The molecule has 0 aromatic heterocycles. The summed E-state index contributed by atoms with van der Waals surface area (Å²) in [6, 6.07) is 20.9.